The Morgan fingerprint density at radius 1 is 0.903 bits per heavy atom. The first-order valence-corrected chi connectivity index (χ1v) is 12.0. The fourth-order valence-electron chi connectivity index (χ4n) is 4.95. The van der Waals surface area contributed by atoms with Gasteiger partial charge >= 0.3 is 5.97 Å². The number of carbonyl (C=O) groups is 1. The number of halogens is 2. The molecule has 1 N–H and O–H groups in total. The highest BCUT2D eigenvalue weighted by atomic mass is 35.5. The number of aromatic carboxylic acids is 1. The molecule has 2 saturated heterocycles. The van der Waals surface area contributed by atoms with Crippen LogP contribution in [0.1, 0.15) is 41.6 Å². The van der Waals surface area contributed by atoms with Crippen molar-refractivity contribution >= 4 is 34.9 Å². The zero-order chi connectivity index (χ0) is 21.8. The Hall–Kier alpha value is -1.75. The zero-order valence-electron chi connectivity index (χ0n) is 17.8. The summed E-state index contributed by atoms with van der Waals surface area (Å²) in [5.41, 5.74) is 2.68. The predicted octanol–water partition coefficient (Wildman–Crippen LogP) is 5.86. The first-order valence-electron chi connectivity index (χ1n) is 11.2. The van der Waals surface area contributed by atoms with Crippen molar-refractivity contribution in [3.05, 3.63) is 63.6 Å². The van der Waals surface area contributed by atoms with Gasteiger partial charge in [0.25, 0.3) is 0 Å². The van der Waals surface area contributed by atoms with E-state index >= 15 is 0 Å². The van der Waals surface area contributed by atoms with Crippen molar-refractivity contribution in [2.24, 2.45) is 11.8 Å². The maximum atomic E-state index is 11.2. The van der Waals surface area contributed by atoms with E-state index in [2.05, 4.69) is 15.9 Å². The molecule has 31 heavy (non-hydrogen) atoms. The number of nitrogens with zero attached hydrogens (tertiary/aromatic N) is 2. The molecule has 4 nitrogen and oxygen atoms in total. The van der Waals surface area contributed by atoms with E-state index in [1.807, 2.05) is 24.3 Å². The van der Waals surface area contributed by atoms with E-state index < -0.39 is 5.97 Å². The maximum absolute atomic E-state index is 11.2. The Morgan fingerprint density at radius 2 is 1.61 bits per heavy atom. The molecule has 0 unspecified atom stereocenters. The van der Waals surface area contributed by atoms with Gasteiger partial charge < -0.3 is 14.9 Å². The number of benzene rings is 2. The molecule has 0 radical (unpaired) electrons. The molecule has 0 spiro atoms. The molecule has 2 aromatic rings. The molecule has 0 aliphatic carbocycles. The number of hydrogen-bond acceptors (Lipinski definition) is 3. The summed E-state index contributed by atoms with van der Waals surface area (Å²) in [6.45, 7) is 5.53. The molecule has 2 fully saturated rings. The predicted molar refractivity (Wildman–Crippen MR) is 128 cm³/mol. The molecule has 2 aliphatic heterocycles. The summed E-state index contributed by atoms with van der Waals surface area (Å²) in [7, 11) is 0. The molecule has 0 atom stereocenters. The van der Waals surface area contributed by atoms with Crippen LogP contribution in [-0.2, 0) is 6.42 Å². The lowest BCUT2D eigenvalue weighted by molar-refractivity contribution is 0.0697. The van der Waals surface area contributed by atoms with Gasteiger partial charge in [0.2, 0.25) is 0 Å². The minimum Gasteiger partial charge on any atom is -0.478 e. The second-order valence-corrected chi connectivity index (χ2v) is 9.80. The molecule has 166 valence electrons. The Morgan fingerprint density at radius 3 is 2.29 bits per heavy atom. The van der Waals surface area contributed by atoms with Gasteiger partial charge in [-0.15, -0.1) is 0 Å². The van der Waals surface area contributed by atoms with E-state index in [0.29, 0.717) is 15.6 Å². The van der Waals surface area contributed by atoms with E-state index in [1.54, 1.807) is 12.1 Å². The van der Waals surface area contributed by atoms with Crippen LogP contribution in [0.3, 0.4) is 0 Å². The highest BCUT2D eigenvalue weighted by Crippen LogP contribution is 2.29. The minimum atomic E-state index is -0.862. The van der Waals surface area contributed by atoms with Crippen molar-refractivity contribution in [3.8, 4) is 0 Å². The van der Waals surface area contributed by atoms with Crippen LogP contribution >= 0.6 is 23.2 Å². The summed E-state index contributed by atoms with van der Waals surface area (Å²) in [6, 6.07) is 13.3. The second-order valence-electron chi connectivity index (χ2n) is 8.98. The first kappa shape index (κ1) is 22.4. The van der Waals surface area contributed by atoms with Crippen molar-refractivity contribution in [1.29, 1.82) is 0 Å². The van der Waals surface area contributed by atoms with E-state index in [4.69, 9.17) is 23.2 Å². The molecule has 2 aromatic carbocycles. The fraction of sp³-hybridized carbons (Fsp3) is 0.480. The topological polar surface area (TPSA) is 43.8 Å². The number of rotatable bonds is 6. The smallest absolute Gasteiger partial charge is 0.335 e. The molecule has 0 bridgehead atoms. The maximum Gasteiger partial charge on any atom is 0.335 e. The number of carboxylic acid groups (broad SMARTS) is 1. The van der Waals surface area contributed by atoms with Gasteiger partial charge in [-0.05, 0) is 92.9 Å². The van der Waals surface area contributed by atoms with Crippen LogP contribution in [0.5, 0.6) is 0 Å². The Balaban J connectivity index is 1.21. The summed E-state index contributed by atoms with van der Waals surface area (Å²) in [6.07, 6.45) is 5.89. The quantitative estimate of drug-likeness (QED) is 0.585. The van der Waals surface area contributed by atoms with Crippen molar-refractivity contribution in [1.82, 2.24) is 4.90 Å². The molecule has 0 amide bonds. The molecule has 0 aromatic heterocycles. The van der Waals surface area contributed by atoms with Gasteiger partial charge in [-0.25, -0.2) is 4.79 Å². The van der Waals surface area contributed by atoms with Crippen LogP contribution in [0.2, 0.25) is 10.0 Å². The Labute approximate surface area is 194 Å². The van der Waals surface area contributed by atoms with Gasteiger partial charge in [0.1, 0.15) is 0 Å². The zero-order valence-corrected chi connectivity index (χ0v) is 19.3. The van der Waals surface area contributed by atoms with Crippen LogP contribution in [-0.4, -0.2) is 48.7 Å². The third-order valence-corrected chi connectivity index (χ3v) is 7.54. The van der Waals surface area contributed by atoms with Gasteiger partial charge in [-0.3, -0.25) is 0 Å². The van der Waals surface area contributed by atoms with Crippen LogP contribution in [0, 0.1) is 11.8 Å². The summed E-state index contributed by atoms with van der Waals surface area (Å²) in [5, 5.41) is 10.5. The minimum absolute atomic E-state index is 0.364. The van der Waals surface area contributed by atoms with E-state index in [-0.39, 0.29) is 0 Å². The standard InChI is InChI=1S/C25H30Cl2N2O2/c26-23-5-4-20(15-24(23)27)14-18-6-10-28(11-7-18)17-19-8-12-29(13-9-19)22-3-1-2-21(16-22)25(30)31/h1-5,15-16,18-19H,6-14,17H2,(H,30,31). The third-order valence-electron chi connectivity index (χ3n) is 6.80. The van der Waals surface area contributed by atoms with E-state index in [0.717, 1.165) is 37.0 Å². The first-order chi connectivity index (χ1) is 15.0. The van der Waals surface area contributed by atoms with Crippen molar-refractivity contribution in [2.75, 3.05) is 37.6 Å². The average molecular weight is 461 g/mol. The monoisotopic (exact) mass is 460 g/mol. The molecule has 0 saturated carbocycles. The summed E-state index contributed by atoms with van der Waals surface area (Å²) < 4.78 is 0. The van der Waals surface area contributed by atoms with Gasteiger partial charge in [0.05, 0.1) is 15.6 Å². The normalized spacial score (nSPS) is 19.0. The highest BCUT2D eigenvalue weighted by Gasteiger charge is 2.25. The van der Waals surface area contributed by atoms with Gasteiger partial charge in [-0.2, -0.15) is 0 Å². The van der Waals surface area contributed by atoms with Crippen LogP contribution in [0.4, 0.5) is 5.69 Å². The average Bonchev–Trinajstić information content (AvgIpc) is 2.78. The molecule has 2 heterocycles. The summed E-state index contributed by atoms with van der Waals surface area (Å²) >= 11 is 12.2. The highest BCUT2D eigenvalue weighted by molar-refractivity contribution is 6.42. The van der Waals surface area contributed by atoms with Crippen molar-refractivity contribution in [2.45, 2.75) is 32.1 Å². The van der Waals surface area contributed by atoms with Crippen LogP contribution < -0.4 is 4.90 Å². The van der Waals surface area contributed by atoms with E-state index in [1.165, 1.54) is 50.9 Å². The number of likely N-dealkylation sites (tertiary alicyclic amines) is 1. The molecular formula is C25H30Cl2N2O2. The third kappa shape index (κ3) is 5.94. The van der Waals surface area contributed by atoms with Gasteiger partial charge in [-0.1, -0.05) is 35.3 Å². The van der Waals surface area contributed by atoms with E-state index in [9.17, 15) is 9.90 Å². The SMILES string of the molecule is O=C(O)c1cccc(N2CCC(CN3CCC(Cc4ccc(Cl)c(Cl)c4)CC3)CC2)c1. The van der Waals surface area contributed by atoms with Crippen molar-refractivity contribution < 1.29 is 9.90 Å². The summed E-state index contributed by atoms with van der Waals surface area (Å²) in [5.74, 6) is 0.585. The molecular weight excluding hydrogens is 431 g/mol. The Kier molecular flexibility index (Phi) is 7.42. The number of hydrogen-bond donors (Lipinski definition) is 1. The molecule has 4 rings (SSSR count). The van der Waals surface area contributed by atoms with Crippen LogP contribution in [0.15, 0.2) is 42.5 Å². The second kappa shape index (κ2) is 10.2. The lowest BCUT2D eigenvalue weighted by Gasteiger charge is -2.38. The largest absolute Gasteiger partial charge is 0.478 e. The van der Waals surface area contributed by atoms with Gasteiger partial charge in [0, 0.05) is 25.3 Å². The number of anilines is 1. The summed E-state index contributed by atoms with van der Waals surface area (Å²) in [4.78, 5) is 16.2. The lowest BCUT2D eigenvalue weighted by atomic mass is 9.89. The van der Waals surface area contributed by atoms with Crippen molar-refractivity contribution in [3.63, 3.8) is 0 Å². The lowest BCUT2D eigenvalue weighted by Crippen LogP contribution is -2.41. The van der Waals surface area contributed by atoms with Crippen LogP contribution in [0.25, 0.3) is 0 Å². The fourth-order valence-corrected chi connectivity index (χ4v) is 5.27. The number of piperidine rings is 2. The number of carboxylic acids is 1. The Bertz CT molecular complexity index is 904. The molecule has 6 heteroatoms. The molecule has 2 aliphatic rings. The van der Waals surface area contributed by atoms with Gasteiger partial charge in [0.15, 0.2) is 0 Å².